The zero-order chi connectivity index (χ0) is 15.0. The molecule has 0 bridgehead atoms. The maximum Gasteiger partial charge on any atom is 0.231 e. The van der Waals surface area contributed by atoms with E-state index in [1.54, 1.807) is 11.0 Å². The van der Waals surface area contributed by atoms with Gasteiger partial charge in [-0.3, -0.25) is 4.79 Å². The number of fused-ring (bicyclic) bond motifs is 1. The Morgan fingerprint density at radius 1 is 1.29 bits per heavy atom. The number of thiocarbonyl (C=S) groups is 1. The van der Waals surface area contributed by atoms with Gasteiger partial charge in [0.2, 0.25) is 5.91 Å². The summed E-state index contributed by atoms with van der Waals surface area (Å²) < 4.78 is 0. The highest BCUT2D eigenvalue weighted by Gasteiger charge is 2.27. The zero-order valence-corrected chi connectivity index (χ0v) is 12.7. The number of anilines is 1. The van der Waals surface area contributed by atoms with Gasteiger partial charge in [-0.1, -0.05) is 54.2 Å². The van der Waals surface area contributed by atoms with Crippen LogP contribution in [0.25, 0.3) is 0 Å². The average molecular weight is 317 g/mol. The smallest absolute Gasteiger partial charge is 0.231 e. The van der Waals surface area contributed by atoms with Crippen LogP contribution in [0.2, 0.25) is 5.02 Å². The molecule has 3 nitrogen and oxygen atoms in total. The van der Waals surface area contributed by atoms with Crippen molar-refractivity contribution in [2.45, 2.75) is 13.0 Å². The molecule has 2 aromatic rings. The molecule has 1 aliphatic heterocycles. The van der Waals surface area contributed by atoms with Crippen LogP contribution in [0.4, 0.5) is 5.69 Å². The highest BCUT2D eigenvalue weighted by Crippen LogP contribution is 2.33. The molecular formula is C16H13ClN2OS. The quantitative estimate of drug-likeness (QED) is 0.885. The van der Waals surface area contributed by atoms with Gasteiger partial charge in [-0.2, -0.15) is 0 Å². The summed E-state index contributed by atoms with van der Waals surface area (Å²) in [6, 6.07) is 13.1. The van der Waals surface area contributed by atoms with E-state index in [2.05, 4.69) is 0 Å². The Morgan fingerprint density at radius 3 is 2.81 bits per heavy atom. The molecule has 1 aliphatic rings. The van der Waals surface area contributed by atoms with Crippen LogP contribution in [0.5, 0.6) is 0 Å². The third kappa shape index (κ3) is 2.64. The lowest BCUT2D eigenvalue weighted by molar-refractivity contribution is -0.117. The number of carbonyl (C=O) groups is 1. The highest BCUT2D eigenvalue weighted by molar-refractivity contribution is 7.80. The number of amides is 1. The van der Waals surface area contributed by atoms with Crippen molar-refractivity contribution in [1.82, 2.24) is 0 Å². The zero-order valence-electron chi connectivity index (χ0n) is 11.2. The summed E-state index contributed by atoms with van der Waals surface area (Å²) in [5, 5.41) is 0.621. The minimum atomic E-state index is 0.0602. The van der Waals surface area contributed by atoms with Crippen LogP contribution in [0, 0.1) is 0 Å². The molecule has 21 heavy (non-hydrogen) atoms. The van der Waals surface area contributed by atoms with Gasteiger partial charge in [0.25, 0.3) is 0 Å². The number of benzene rings is 2. The molecule has 0 aliphatic carbocycles. The van der Waals surface area contributed by atoms with Crippen LogP contribution in [-0.4, -0.2) is 10.9 Å². The number of rotatable bonds is 3. The third-order valence-electron chi connectivity index (χ3n) is 3.59. The van der Waals surface area contributed by atoms with Gasteiger partial charge in [0.15, 0.2) is 0 Å². The molecule has 0 saturated carbocycles. The predicted molar refractivity (Wildman–Crippen MR) is 88.7 cm³/mol. The van der Waals surface area contributed by atoms with Gasteiger partial charge >= 0.3 is 0 Å². The molecule has 0 aromatic heterocycles. The second-order valence-electron chi connectivity index (χ2n) is 4.95. The minimum absolute atomic E-state index is 0.0602. The maximum absolute atomic E-state index is 12.2. The topological polar surface area (TPSA) is 46.3 Å². The van der Waals surface area contributed by atoms with Crippen LogP contribution in [-0.2, 0) is 17.8 Å². The van der Waals surface area contributed by atoms with Gasteiger partial charge in [0.05, 0.1) is 13.0 Å². The Hall–Kier alpha value is -1.91. The van der Waals surface area contributed by atoms with Crippen molar-refractivity contribution < 1.29 is 4.79 Å². The summed E-state index contributed by atoms with van der Waals surface area (Å²) in [4.78, 5) is 14.3. The minimum Gasteiger partial charge on any atom is -0.389 e. The average Bonchev–Trinajstić information content (AvgIpc) is 2.75. The molecule has 0 radical (unpaired) electrons. The molecular weight excluding hydrogens is 304 g/mol. The van der Waals surface area contributed by atoms with E-state index in [-0.39, 0.29) is 5.91 Å². The molecule has 0 unspecified atom stereocenters. The van der Waals surface area contributed by atoms with Crippen molar-refractivity contribution in [3.8, 4) is 0 Å². The Labute approximate surface area is 133 Å². The third-order valence-corrected chi connectivity index (χ3v) is 4.05. The Kier molecular flexibility index (Phi) is 3.66. The van der Waals surface area contributed by atoms with Crippen molar-refractivity contribution in [2.24, 2.45) is 5.73 Å². The molecule has 2 N–H and O–H groups in total. The van der Waals surface area contributed by atoms with E-state index in [9.17, 15) is 4.79 Å². The van der Waals surface area contributed by atoms with E-state index in [0.717, 1.165) is 22.4 Å². The second-order valence-corrected chi connectivity index (χ2v) is 5.83. The van der Waals surface area contributed by atoms with E-state index in [0.29, 0.717) is 23.0 Å². The van der Waals surface area contributed by atoms with Crippen molar-refractivity contribution in [3.05, 3.63) is 64.2 Å². The molecule has 5 heteroatoms. The number of halogens is 1. The molecule has 0 fully saturated rings. The van der Waals surface area contributed by atoms with E-state index < -0.39 is 0 Å². The second kappa shape index (κ2) is 5.47. The van der Waals surface area contributed by atoms with Crippen molar-refractivity contribution in [1.29, 1.82) is 0 Å². The largest absolute Gasteiger partial charge is 0.389 e. The summed E-state index contributed by atoms with van der Waals surface area (Å²) in [5.41, 5.74) is 9.35. The number of hydrogen-bond acceptors (Lipinski definition) is 2. The first-order valence-corrected chi connectivity index (χ1v) is 7.31. The molecule has 1 amide bonds. The summed E-state index contributed by atoms with van der Waals surface area (Å²) in [6.07, 6.45) is 0.405. The summed E-state index contributed by atoms with van der Waals surface area (Å²) in [7, 11) is 0. The molecule has 106 valence electrons. The lowest BCUT2D eigenvalue weighted by Crippen LogP contribution is -2.27. The van der Waals surface area contributed by atoms with Crippen LogP contribution in [0.3, 0.4) is 0 Å². The Bertz CT molecular complexity index is 745. The van der Waals surface area contributed by atoms with Crippen LogP contribution >= 0.6 is 23.8 Å². The maximum atomic E-state index is 12.2. The van der Waals surface area contributed by atoms with Crippen molar-refractivity contribution in [2.75, 3.05) is 4.90 Å². The first-order valence-electron chi connectivity index (χ1n) is 6.53. The molecule has 2 aromatic carbocycles. The van der Waals surface area contributed by atoms with Gasteiger partial charge in [0.1, 0.15) is 4.99 Å². The monoisotopic (exact) mass is 316 g/mol. The summed E-state index contributed by atoms with van der Waals surface area (Å²) in [6.45, 7) is 0.444. The predicted octanol–water partition coefficient (Wildman–Crippen LogP) is 3.06. The van der Waals surface area contributed by atoms with Gasteiger partial charge in [-0.05, 0) is 23.3 Å². The van der Waals surface area contributed by atoms with Gasteiger partial charge in [-0.25, -0.2) is 0 Å². The number of hydrogen-bond donors (Lipinski definition) is 1. The van der Waals surface area contributed by atoms with Crippen LogP contribution in [0.1, 0.15) is 16.7 Å². The summed E-state index contributed by atoms with van der Waals surface area (Å²) >= 11 is 11.1. The lowest BCUT2D eigenvalue weighted by atomic mass is 10.1. The van der Waals surface area contributed by atoms with E-state index in [1.165, 1.54) is 0 Å². The molecule has 0 atom stereocenters. The Morgan fingerprint density at radius 2 is 2.05 bits per heavy atom. The highest BCUT2D eigenvalue weighted by atomic mass is 35.5. The fourth-order valence-corrected chi connectivity index (χ4v) is 2.94. The van der Waals surface area contributed by atoms with Crippen LogP contribution < -0.4 is 10.6 Å². The SMILES string of the molecule is NC(=S)c1ccccc1CN1C(=O)Cc2ccc(Cl)cc21. The van der Waals surface area contributed by atoms with Gasteiger partial charge < -0.3 is 10.6 Å². The number of nitrogens with two attached hydrogens (primary N) is 1. The first kappa shape index (κ1) is 14.0. The first-order chi connectivity index (χ1) is 10.1. The fourth-order valence-electron chi connectivity index (χ4n) is 2.57. The van der Waals surface area contributed by atoms with Gasteiger partial charge in [0, 0.05) is 16.3 Å². The number of carbonyl (C=O) groups excluding carboxylic acids is 1. The van der Waals surface area contributed by atoms with E-state index >= 15 is 0 Å². The summed E-state index contributed by atoms with van der Waals surface area (Å²) in [5.74, 6) is 0.0602. The molecule has 0 saturated heterocycles. The van der Waals surface area contributed by atoms with Crippen molar-refractivity contribution in [3.63, 3.8) is 0 Å². The van der Waals surface area contributed by atoms with Crippen LogP contribution in [0.15, 0.2) is 42.5 Å². The number of nitrogens with zero attached hydrogens (tertiary/aromatic N) is 1. The fraction of sp³-hybridized carbons (Fsp3) is 0.125. The normalized spacial score (nSPS) is 13.4. The lowest BCUT2D eigenvalue weighted by Gasteiger charge is -2.19. The van der Waals surface area contributed by atoms with E-state index in [4.69, 9.17) is 29.6 Å². The molecule has 1 heterocycles. The Balaban J connectivity index is 1.98. The molecule has 0 spiro atoms. The van der Waals surface area contributed by atoms with Crippen molar-refractivity contribution >= 4 is 40.4 Å². The van der Waals surface area contributed by atoms with Gasteiger partial charge in [-0.15, -0.1) is 0 Å². The standard InChI is InChI=1S/C16H13ClN2OS/c17-12-6-5-10-7-15(20)19(14(10)8-12)9-11-3-1-2-4-13(11)16(18)21/h1-6,8H,7,9H2,(H2,18,21). The molecule has 3 rings (SSSR count). The van der Waals surface area contributed by atoms with E-state index in [1.807, 2.05) is 36.4 Å².